The Morgan fingerprint density at radius 2 is 1.56 bits per heavy atom. The second-order valence-electron chi connectivity index (χ2n) is 6.94. The second kappa shape index (κ2) is 7.73. The third-order valence-corrected chi connectivity index (χ3v) is 4.70. The lowest BCUT2D eigenvalue weighted by molar-refractivity contribution is 0.0746. The van der Waals surface area contributed by atoms with E-state index in [-0.39, 0.29) is 11.7 Å². The molecule has 1 aliphatic heterocycles. The number of Topliss-reactive ketones (excluding diaryl/α,β-unsaturated/α-hetero) is 1. The number of carbonyl (C=O) groups is 2. The molecule has 3 rings (SSSR count). The molecule has 1 aromatic carbocycles. The van der Waals surface area contributed by atoms with Crippen LogP contribution in [0.25, 0.3) is 0 Å². The molecular formula is C20H25N5O2. The summed E-state index contributed by atoms with van der Waals surface area (Å²) in [6.07, 6.45) is 0. The lowest BCUT2D eigenvalue weighted by Crippen LogP contribution is -2.49. The molecule has 0 saturated carbocycles. The van der Waals surface area contributed by atoms with Gasteiger partial charge in [0, 0.05) is 57.5 Å². The third kappa shape index (κ3) is 4.24. The van der Waals surface area contributed by atoms with Crippen molar-refractivity contribution in [1.82, 2.24) is 14.9 Å². The van der Waals surface area contributed by atoms with E-state index in [1.165, 1.54) is 6.92 Å². The quantitative estimate of drug-likeness (QED) is 0.770. The predicted molar refractivity (Wildman–Crippen MR) is 106 cm³/mol. The summed E-state index contributed by atoms with van der Waals surface area (Å²) in [6.45, 7) is 6.12. The van der Waals surface area contributed by atoms with Gasteiger partial charge in [0.1, 0.15) is 17.5 Å². The van der Waals surface area contributed by atoms with Crippen LogP contribution in [-0.2, 0) is 0 Å². The van der Waals surface area contributed by atoms with E-state index in [1.54, 1.807) is 24.3 Å². The fourth-order valence-electron chi connectivity index (χ4n) is 3.10. The number of hydrogen-bond donors (Lipinski definition) is 0. The van der Waals surface area contributed by atoms with Crippen LogP contribution in [0.3, 0.4) is 0 Å². The topological polar surface area (TPSA) is 69.6 Å². The van der Waals surface area contributed by atoms with Crippen LogP contribution in [0.4, 0.5) is 11.6 Å². The Bertz CT molecular complexity index is 840. The summed E-state index contributed by atoms with van der Waals surface area (Å²) in [5, 5.41) is 0. The number of carbonyl (C=O) groups excluding carboxylic acids is 2. The van der Waals surface area contributed by atoms with E-state index < -0.39 is 0 Å². The van der Waals surface area contributed by atoms with E-state index >= 15 is 0 Å². The predicted octanol–water partition coefficient (Wildman–Crippen LogP) is 2.02. The van der Waals surface area contributed by atoms with Crippen LogP contribution in [-0.4, -0.2) is 66.8 Å². The molecule has 2 aromatic rings. The highest BCUT2D eigenvalue weighted by atomic mass is 16.2. The lowest BCUT2D eigenvalue weighted by atomic mass is 10.1. The first-order valence-corrected chi connectivity index (χ1v) is 9.03. The fraction of sp³-hybridized carbons (Fsp3) is 0.400. The summed E-state index contributed by atoms with van der Waals surface area (Å²) in [6, 6.07) is 8.84. The monoisotopic (exact) mass is 367 g/mol. The molecule has 1 amide bonds. The molecule has 1 fully saturated rings. The molecule has 7 heteroatoms. The first-order chi connectivity index (χ1) is 12.8. The maximum Gasteiger partial charge on any atom is 0.253 e. The van der Waals surface area contributed by atoms with Crippen LogP contribution in [0.1, 0.15) is 33.5 Å². The van der Waals surface area contributed by atoms with Gasteiger partial charge in [-0.25, -0.2) is 9.97 Å². The summed E-state index contributed by atoms with van der Waals surface area (Å²) >= 11 is 0. The van der Waals surface area contributed by atoms with Crippen molar-refractivity contribution in [3.63, 3.8) is 0 Å². The maximum atomic E-state index is 12.7. The fourth-order valence-corrected chi connectivity index (χ4v) is 3.10. The minimum Gasteiger partial charge on any atom is -0.363 e. The van der Waals surface area contributed by atoms with Gasteiger partial charge in [0.2, 0.25) is 0 Å². The Morgan fingerprint density at radius 1 is 0.963 bits per heavy atom. The van der Waals surface area contributed by atoms with Gasteiger partial charge in [-0.3, -0.25) is 9.59 Å². The van der Waals surface area contributed by atoms with Gasteiger partial charge in [-0.05, 0) is 26.0 Å². The van der Waals surface area contributed by atoms with Crippen LogP contribution >= 0.6 is 0 Å². The molecule has 0 unspecified atom stereocenters. The molecule has 27 heavy (non-hydrogen) atoms. The Labute approximate surface area is 159 Å². The van der Waals surface area contributed by atoms with E-state index in [1.807, 2.05) is 36.9 Å². The van der Waals surface area contributed by atoms with Gasteiger partial charge in [-0.2, -0.15) is 0 Å². The van der Waals surface area contributed by atoms with Crippen LogP contribution in [0, 0.1) is 6.92 Å². The molecule has 1 aromatic heterocycles. The summed E-state index contributed by atoms with van der Waals surface area (Å²) in [4.78, 5) is 39.1. The number of aryl methyl sites for hydroxylation is 1. The minimum absolute atomic E-state index is 0.000138. The van der Waals surface area contributed by atoms with Gasteiger partial charge >= 0.3 is 0 Å². The Morgan fingerprint density at radius 3 is 2.11 bits per heavy atom. The highest BCUT2D eigenvalue weighted by Gasteiger charge is 2.23. The molecule has 1 aliphatic rings. The van der Waals surface area contributed by atoms with Crippen LogP contribution in [0.2, 0.25) is 0 Å². The normalized spacial score (nSPS) is 14.2. The highest BCUT2D eigenvalue weighted by molar-refractivity contribution is 5.97. The van der Waals surface area contributed by atoms with Crippen molar-refractivity contribution in [2.75, 3.05) is 50.1 Å². The van der Waals surface area contributed by atoms with Crippen molar-refractivity contribution >= 4 is 23.3 Å². The SMILES string of the molecule is CC(=O)c1ccc(C(=O)N2CCN(c3cc(N(C)C)nc(C)n3)CC2)cc1. The molecule has 0 bridgehead atoms. The number of amides is 1. The van der Waals surface area contributed by atoms with Crippen LogP contribution < -0.4 is 9.80 Å². The van der Waals surface area contributed by atoms with E-state index in [0.717, 1.165) is 30.5 Å². The third-order valence-electron chi connectivity index (χ3n) is 4.70. The number of ketones is 1. The van der Waals surface area contributed by atoms with Gasteiger partial charge < -0.3 is 14.7 Å². The zero-order valence-electron chi connectivity index (χ0n) is 16.3. The minimum atomic E-state index is -0.00222. The van der Waals surface area contributed by atoms with Gasteiger partial charge in [0.15, 0.2) is 5.78 Å². The van der Waals surface area contributed by atoms with Gasteiger partial charge in [0.05, 0.1) is 0 Å². The van der Waals surface area contributed by atoms with Gasteiger partial charge in [-0.1, -0.05) is 12.1 Å². The van der Waals surface area contributed by atoms with Crippen molar-refractivity contribution in [3.8, 4) is 0 Å². The Hall–Kier alpha value is -2.96. The number of benzene rings is 1. The number of anilines is 2. The van der Waals surface area contributed by atoms with Crippen molar-refractivity contribution in [1.29, 1.82) is 0 Å². The molecule has 7 nitrogen and oxygen atoms in total. The first kappa shape index (κ1) is 18.8. The lowest BCUT2D eigenvalue weighted by Gasteiger charge is -2.35. The molecule has 0 N–H and O–H groups in total. The van der Waals surface area contributed by atoms with Crippen molar-refractivity contribution < 1.29 is 9.59 Å². The molecule has 2 heterocycles. The van der Waals surface area contributed by atoms with Gasteiger partial charge in [0.25, 0.3) is 5.91 Å². The standard InChI is InChI=1S/C20H25N5O2/c1-14(26)16-5-7-17(8-6-16)20(27)25-11-9-24(10-12-25)19-13-18(23(3)4)21-15(2)22-19/h5-8,13H,9-12H2,1-4H3. The summed E-state index contributed by atoms with van der Waals surface area (Å²) in [5.41, 5.74) is 1.23. The largest absolute Gasteiger partial charge is 0.363 e. The van der Waals surface area contributed by atoms with E-state index in [0.29, 0.717) is 24.2 Å². The smallest absolute Gasteiger partial charge is 0.253 e. The average molecular weight is 367 g/mol. The summed E-state index contributed by atoms with van der Waals surface area (Å²) < 4.78 is 0. The van der Waals surface area contributed by atoms with Crippen molar-refractivity contribution in [2.45, 2.75) is 13.8 Å². The van der Waals surface area contributed by atoms with Crippen molar-refractivity contribution in [2.24, 2.45) is 0 Å². The summed E-state index contributed by atoms with van der Waals surface area (Å²) in [5.74, 6) is 2.50. The maximum absolute atomic E-state index is 12.7. The summed E-state index contributed by atoms with van der Waals surface area (Å²) in [7, 11) is 3.92. The molecule has 0 spiro atoms. The number of hydrogen-bond acceptors (Lipinski definition) is 6. The van der Waals surface area contributed by atoms with Crippen LogP contribution in [0.5, 0.6) is 0 Å². The van der Waals surface area contributed by atoms with Crippen LogP contribution in [0.15, 0.2) is 30.3 Å². The van der Waals surface area contributed by atoms with Gasteiger partial charge in [-0.15, -0.1) is 0 Å². The molecule has 142 valence electrons. The zero-order chi connectivity index (χ0) is 19.6. The Balaban J connectivity index is 1.66. The molecule has 1 saturated heterocycles. The number of aromatic nitrogens is 2. The second-order valence-corrected chi connectivity index (χ2v) is 6.94. The van der Waals surface area contributed by atoms with E-state index in [9.17, 15) is 9.59 Å². The number of rotatable bonds is 4. The molecule has 0 radical (unpaired) electrons. The first-order valence-electron chi connectivity index (χ1n) is 9.03. The average Bonchev–Trinajstić information content (AvgIpc) is 2.67. The molecular weight excluding hydrogens is 342 g/mol. The van der Waals surface area contributed by atoms with E-state index in [4.69, 9.17) is 0 Å². The van der Waals surface area contributed by atoms with Crippen molar-refractivity contribution in [3.05, 3.63) is 47.3 Å². The molecule has 0 atom stereocenters. The zero-order valence-corrected chi connectivity index (χ0v) is 16.3. The Kier molecular flexibility index (Phi) is 5.39. The number of piperazine rings is 1. The van der Waals surface area contributed by atoms with E-state index in [2.05, 4.69) is 14.9 Å². The highest BCUT2D eigenvalue weighted by Crippen LogP contribution is 2.20. The number of nitrogens with zero attached hydrogens (tertiary/aromatic N) is 5. The molecule has 0 aliphatic carbocycles.